The fraction of sp³-hybridized carbons (Fsp3) is 0.0769. The minimum Gasteiger partial charge on any atom is -0.456 e. The number of primary sulfonamides is 1. The average molecular weight is 392 g/mol. The molecule has 0 amide bonds. The molecule has 2 rings (SSSR count). The first kappa shape index (κ1) is 16.1. The summed E-state index contributed by atoms with van der Waals surface area (Å²) in [6.07, 6.45) is 0. The molecular weight excluding hydrogens is 380 g/mol. The smallest absolute Gasteiger partial charge is 0.238 e. The Kier molecular flexibility index (Phi) is 4.48. The first-order chi connectivity index (χ1) is 9.68. The maximum absolute atomic E-state index is 11.6. The number of hydrogen-bond acceptors (Lipinski definition) is 4. The van der Waals surface area contributed by atoms with Gasteiger partial charge in [0.05, 0.1) is 9.37 Å². The Morgan fingerprint density at radius 2 is 1.86 bits per heavy atom. The van der Waals surface area contributed by atoms with Gasteiger partial charge in [-0.2, -0.15) is 0 Å². The molecule has 0 aromatic heterocycles. The fourth-order valence-corrected chi connectivity index (χ4v) is 3.35. The van der Waals surface area contributed by atoms with E-state index >= 15 is 0 Å². The van der Waals surface area contributed by atoms with Crippen molar-refractivity contribution in [1.29, 1.82) is 0 Å². The summed E-state index contributed by atoms with van der Waals surface area (Å²) in [6, 6.07) is 7.81. The number of halogens is 2. The Morgan fingerprint density at radius 3 is 2.43 bits per heavy atom. The number of nitrogens with two attached hydrogens (primary N) is 2. The Bertz CT molecular complexity index is 809. The maximum Gasteiger partial charge on any atom is 0.238 e. The monoisotopic (exact) mass is 390 g/mol. The van der Waals surface area contributed by atoms with Crippen molar-refractivity contribution in [2.75, 3.05) is 5.73 Å². The summed E-state index contributed by atoms with van der Waals surface area (Å²) in [7, 11) is -3.88. The van der Waals surface area contributed by atoms with E-state index in [1.165, 1.54) is 12.1 Å². The number of sulfonamides is 1. The first-order valence-corrected chi connectivity index (χ1v) is 8.46. The minimum atomic E-state index is -3.88. The van der Waals surface area contributed by atoms with E-state index in [2.05, 4.69) is 15.9 Å². The van der Waals surface area contributed by atoms with Gasteiger partial charge in [-0.1, -0.05) is 11.6 Å². The molecular formula is C13H12BrClN2O3S. The summed E-state index contributed by atoms with van der Waals surface area (Å²) < 4.78 is 29.5. The topological polar surface area (TPSA) is 95.4 Å². The van der Waals surface area contributed by atoms with Crippen molar-refractivity contribution >= 4 is 43.2 Å². The van der Waals surface area contributed by atoms with Crippen molar-refractivity contribution in [3.8, 4) is 11.5 Å². The number of nitrogen functional groups attached to an aromatic ring is 1. The summed E-state index contributed by atoms with van der Waals surface area (Å²) >= 11 is 9.18. The van der Waals surface area contributed by atoms with Crippen LogP contribution in [0.15, 0.2) is 39.7 Å². The molecule has 112 valence electrons. The maximum atomic E-state index is 11.6. The molecule has 0 fully saturated rings. The van der Waals surface area contributed by atoms with Gasteiger partial charge >= 0.3 is 0 Å². The normalized spacial score (nSPS) is 11.4. The molecule has 8 heteroatoms. The third kappa shape index (κ3) is 3.68. The van der Waals surface area contributed by atoms with Crippen LogP contribution in [0.2, 0.25) is 5.02 Å². The third-order valence-corrected chi connectivity index (χ3v) is 4.65. The van der Waals surface area contributed by atoms with Gasteiger partial charge in [-0.25, -0.2) is 13.6 Å². The molecule has 2 aromatic carbocycles. The van der Waals surface area contributed by atoms with E-state index < -0.39 is 10.0 Å². The lowest BCUT2D eigenvalue weighted by molar-refractivity contribution is 0.474. The predicted molar refractivity (Wildman–Crippen MR) is 86.2 cm³/mol. The first-order valence-electron chi connectivity index (χ1n) is 5.74. The largest absolute Gasteiger partial charge is 0.456 e. The summed E-state index contributed by atoms with van der Waals surface area (Å²) in [5, 5.41) is 5.72. The highest BCUT2D eigenvalue weighted by molar-refractivity contribution is 9.10. The average Bonchev–Trinajstić information content (AvgIpc) is 2.35. The van der Waals surface area contributed by atoms with E-state index in [0.717, 1.165) is 0 Å². The minimum absolute atomic E-state index is 0.0671. The van der Waals surface area contributed by atoms with Gasteiger partial charge in [0.1, 0.15) is 11.5 Å². The molecule has 0 atom stereocenters. The number of ether oxygens (including phenoxy) is 1. The zero-order chi connectivity index (χ0) is 15.8. The van der Waals surface area contributed by atoms with Gasteiger partial charge in [0, 0.05) is 22.3 Å². The summed E-state index contributed by atoms with van der Waals surface area (Å²) in [6.45, 7) is 1.60. The second-order valence-corrected chi connectivity index (χ2v) is 7.18. The van der Waals surface area contributed by atoms with Crippen LogP contribution < -0.4 is 15.6 Å². The summed E-state index contributed by atoms with van der Waals surface area (Å²) in [5.41, 5.74) is 6.33. The van der Waals surface area contributed by atoms with E-state index in [4.69, 9.17) is 27.2 Å². The molecule has 21 heavy (non-hydrogen) atoms. The molecule has 2 aromatic rings. The predicted octanol–water partition coefficient (Wildman–Crippen LogP) is 3.43. The van der Waals surface area contributed by atoms with Crippen molar-refractivity contribution in [3.05, 3.63) is 45.4 Å². The quantitative estimate of drug-likeness (QED) is 0.783. The molecule has 0 radical (unpaired) electrons. The molecule has 0 saturated carbocycles. The standard InChI is InChI=1S/C13H12BrClN2O3S/c1-7-12(5-9(16)6-13(7)21(17,18)19)20-11-3-2-8(15)4-10(11)14/h2-6H,16H2,1H3,(H2,17,18,19). The SMILES string of the molecule is Cc1c(Oc2ccc(Cl)cc2Br)cc(N)cc1S(N)(=O)=O. The van der Waals surface area contributed by atoms with Crippen LogP contribution in [0, 0.1) is 6.92 Å². The van der Waals surface area contributed by atoms with Crippen LogP contribution in [0.1, 0.15) is 5.56 Å². The van der Waals surface area contributed by atoms with Crippen molar-refractivity contribution in [3.63, 3.8) is 0 Å². The Balaban J connectivity index is 2.52. The van der Waals surface area contributed by atoms with Crippen LogP contribution in [0.4, 0.5) is 5.69 Å². The summed E-state index contributed by atoms with van der Waals surface area (Å²) in [5.74, 6) is 0.788. The van der Waals surface area contributed by atoms with Crippen LogP contribution in [-0.4, -0.2) is 8.42 Å². The molecule has 0 bridgehead atoms. The lowest BCUT2D eigenvalue weighted by Gasteiger charge is -2.14. The number of benzene rings is 2. The van der Waals surface area contributed by atoms with E-state index in [0.29, 0.717) is 26.6 Å². The van der Waals surface area contributed by atoms with Crippen molar-refractivity contribution in [1.82, 2.24) is 0 Å². The van der Waals surface area contributed by atoms with Crippen LogP contribution in [0.3, 0.4) is 0 Å². The van der Waals surface area contributed by atoms with Gasteiger partial charge in [0.25, 0.3) is 0 Å². The second kappa shape index (κ2) is 5.84. The number of rotatable bonds is 3. The van der Waals surface area contributed by atoms with E-state index in [1.807, 2.05) is 0 Å². The summed E-state index contributed by atoms with van der Waals surface area (Å²) in [4.78, 5) is -0.0671. The van der Waals surface area contributed by atoms with Gasteiger partial charge in [-0.15, -0.1) is 0 Å². The van der Waals surface area contributed by atoms with Crippen LogP contribution in [0.5, 0.6) is 11.5 Å². The molecule has 4 N–H and O–H groups in total. The van der Waals surface area contributed by atoms with Gasteiger partial charge in [-0.3, -0.25) is 0 Å². The lowest BCUT2D eigenvalue weighted by atomic mass is 10.2. The second-order valence-electron chi connectivity index (χ2n) is 4.36. The van der Waals surface area contributed by atoms with Crippen molar-refractivity contribution in [2.24, 2.45) is 5.14 Å². The Labute approximate surface area is 136 Å². The highest BCUT2D eigenvalue weighted by Crippen LogP contribution is 2.36. The van der Waals surface area contributed by atoms with Gasteiger partial charge in [0.2, 0.25) is 10.0 Å². The van der Waals surface area contributed by atoms with Crippen LogP contribution >= 0.6 is 27.5 Å². The van der Waals surface area contributed by atoms with E-state index in [1.54, 1.807) is 25.1 Å². The lowest BCUT2D eigenvalue weighted by Crippen LogP contribution is -2.14. The van der Waals surface area contributed by atoms with Crippen LogP contribution in [0.25, 0.3) is 0 Å². The van der Waals surface area contributed by atoms with Crippen molar-refractivity contribution in [2.45, 2.75) is 11.8 Å². The van der Waals surface area contributed by atoms with Gasteiger partial charge < -0.3 is 10.5 Å². The van der Waals surface area contributed by atoms with E-state index in [-0.39, 0.29) is 10.6 Å². The molecule has 0 aliphatic heterocycles. The molecule has 0 saturated heterocycles. The van der Waals surface area contributed by atoms with Crippen molar-refractivity contribution < 1.29 is 13.2 Å². The highest BCUT2D eigenvalue weighted by Gasteiger charge is 2.17. The molecule has 0 heterocycles. The molecule has 0 aliphatic carbocycles. The Hall–Kier alpha value is -1.28. The third-order valence-electron chi connectivity index (χ3n) is 2.76. The molecule has 0 spiro atoms. The Morgan fingerprint density at radius 1 is 1.19 bits per heavy atom. The number of anilines is 1. The molecule has 0 unspecified atom stereocenters. The van der Waals surface area contributed by atoms with E-state index in [9.17, 15) is 8.42 Å². The van der Waals surface area contributed by atoms with Gasteiger partial charge in [-0.05, 0) is 47.1 Å². The number of hydrogen-bond donors (Lipinski definition) is 2. The van der Waals surface area contributed by atoms with Gasteiger partial charge in [0.15, 0.2) is 0 Å². The van der Waals surface area contributed by atoms with Crippen LogP contribution in [-0.2, 0) is 10.0 Å². The fourth-order valence-electron chi connectivity index (χ4n) is 1.76. The zero-order valence-corrected chi connectivity index (χ0v) is 14.1. The molecule has 0 aliphatic rings. The highest BCUT2D eigenvalue weighted by atomic mass is 79.9. The molecule has 5 nitrogen and oxygen atoms in total. The zero-order valence-electron chi connectivity index (χ0n) is 10.9.